The number of aromatic hydroxyl groups is 1. The lowest BCUT2D eigenvalue weighted by Crippen LogP contribution is -2.53. The lowest BCUT2D eigenvalue weighted by molar-refractivity contribution is -0.128. The summed E-state index contributed by atoms with van der Waals surface area (Å²) >= 11 is 6.94. The van der Waals surface area contributed by atoms with E-state index >= 15 is 0 Å². The summed E-state index contributed by atoms with van der Waals surface area (Å²) in [5.74, 6) is -0.947. The molecule has 0 unspecified atom stereocenters. The Kier molecular flexibility index (Phi) is 4.73. The molecule has 0 spiro atoms. The molecule has 1 heterocycles. The van der Waals surface area contributed by atoms with E-state index in [1.807, 2.05) is 22.6 Å². The summed E-state index contributed by atoms with van der Waals surface area (Å²) < 4.78 is 0.684. The van der Waals surface area contributed by atoms with Crippen molar-refractivity contribution in [3.05, 3.63) is 45.6 Å². The van der Waals surface area contributed by atoms with E-state index in [1.54, 1.807) is 12.1 Å². The number of phenols is 1. The molecular formula is C14H11IN2O3S. The lowest BCUT2D eigenvalue weighted by Gasteiger charge is -2.27. The SMILES string of the molecule is C=CCN1C(=O)C(=Cc2ccc(I)c(O)c2)C(=O)NC1=S. The Morgan fingerprint density at radius 3 is 2.76 bits per heavy atom. The predicted octanol–water partition coefficient (Wildman–Crippen LogP) is 1.81. The van der Waals surface area contributed by atoms with E-state index in [2.05, 4.69) is 11.9 Å². The Balaban J connectivity index is 2.40. The first kappa shape index (κ1) is 15.6. The monoisotopic (exact) mass is 414 g/mol. The number of halogens is 1. The number of carbonyl (C=O) groups excluding carboxylic acids is 2. The van der Waals surface area contributed by atoms with Gasteiger partial charge >= 0.3 is 0 Å². The third kappa shape index (κ3) is 3.30. The second-order valence-corrected chi connectivity index (χ2v) is 5.78. The summed E-state index contributed by atoms with van der Waals surface area (Å²) in [6, 6.07) is 4.89. The van der Waals surface area contributed by atoms with Gasteiger partial charge in [-0.05, 0) is 58.6 Å². The predicted molar refractivity (Wildman–Crippen MR) is 91.5 cm³/mol. The summed E-state index contributed by atoms with van der Waals surface area (Å²) in [6.45, 7) is 3.77. The van der Waals surface area contributed by atoms with Gasteiger partial charge in [0.2, 0.25) is 0 Å². The maximum atomic E-state index is 12.3. The molecule has 5 nitrogen and oxygen atoms in total. The van der Waals surface area contributed by atoms with Gasteiger partial charge in [0, 0.05) is 6.54 Å². The van der Waals surface area contributed by atoms with Gasteiger partial charge in [-0.15, -0.1) is 6.58 Å². The fraction of sp³-hybridized carbons (Fsp3) is 0.0714. The molecule has 0 radical (unpaired) electrons. The molecule has 0 saturated carbocycles. The molecule has 2 amide bonds. The van der Waals surface area contributed by atoms with Crippen molar-refractivity contribution in [3.8, 4) is 5.75 Å². The van der Waals surface area contributed by atoms with Crippen LogP contribution >= 0.6 is 34.8 Å². The van der Waals surface area contributed by atoms with Gasteiger partial charge in [-0.25, -0.2) is 0 Å². The van der Waals surface area contributed by atoms with E-state index in [9.17, 15) is 14.7 Å². The molecule has 0 bridgehead atoms. The number of benzene rings is 1. The van der Waals surface area contributed by atoms with Crippen LogP contribution < -0.4 is 5.32 Å². The van der Waals surface area contributed by atoms with Crippen molar-refractivity contribution in [1.29, 1.82) is 0 Å². The normalized spacial score (nSPS) is 17.1. The quantitative estimate of drug-likeness (QED) is 0.260. The van der Waals surface area contributed by atoms with Crippen LogP contribution in [0.2, 0.25) is 0 Å². The van der Waals surface area contributed by atoms with Crippen LogP contribution in [0.15, 0.2) is 36.4 Å². The number of carbonyl (C=O) groups is 2. The molecule has 2 N–H and O–H groups in total. The molecule has 2 rings (SSSR count). The van der Waals surface area contributed by atoms with E-state index < -0.39 is 11.8 Å². The Bertz CT molecular complexity index is 685. The van der Waals surface area contributed by atoms with E-state index in [4.69, 9.17) is 12.2 Å². The van der Waals surface area contributed by atoms with Crippen LogP contribution in [0.3, 0.4) is 0 Å². The van der Waals surface area contributed by atoms with Crippen LogP contribution in [0.1, 0.15) is 5.56 Å². The third-order valence-corrected chi connectivity index (χ3v) is 4.01. The van der Waals surface area contributed by atoms with Gasteiger partial charge < -0.3 is 5.11 Å². The van der Waals surface area contributed by atoms with Crippen LogP contribution in [0.25, 0.3) is 6.08 Å². The number of amides is 2. The Morgan fingerprint density at radius 1 is 1.43 bits per heavy atom. The number of rotatable bonds is 3. The van der Waals surface area contributed by atoms with Crippen molar-refractivity contribution in [2.24, 2.45) is 0 Å². The van der Waals surface area contributed by atoms with E-state index in [0.717, 1.165) is 0 Å². The van der Waals surface area contributed by atoms with Gasteiger partial charge in [-0.3, -0.25) is 19.8 Å². The minimum atomic E-state index is -0.552. The standard InChI is InChI=1S/C14H11IN2O3S/c1-2-5-17-13(20)9(12(19)16-14(17)21)6-8-3-4-10(15)11(18)7-8/h2-4,6-7,18H,1,5H2,(H,16,19,21). The minimum absolute atomic E-state index is 0.0361. The van der Waals surface area contributed by atoms with Crippen LogP contribution in [0.5, 0.6) is 5.75 Å². The molecule has 0 atom stereocenters. The van der Waals surface area contributed by atoms with Crippen molar-refractivity contribution in [2.45, 2.75) is 0 Å². The van der Waals surface area contributed by atoms with Crippen LogP contribution in [0, 0.1) is 3.57 Å². The minimum Gasteiger partial charge on any atom is -0.507 e. The highest BCUT2D eigenvalue weighted by Crippen LogP contribution is 2.23. The maximum Gasteiger partial charge on any atom is 0.265 e. The zero-order chi connectivity index (χ0) is 15.6. The average molecular weight is 414 g/mol. The maximum absolute atomic E-state index is 12.3. The first-order valence-corrected chi connectivity index (χ1v) is 7.41. The molecule has 1 saturated heterocycles. The second kappa shape index (κ2) is 6.35. The van der Waals surface area contributed by atoms with Crippen LogP contribution in [-0.4, -0.2) is 33.5 Å². The Hall–Kier alpha value is -1.74. The van der Waals surface area contributed by atoms with Gasteiger partial charge in [0.15, 0.2) is 5.11 Å². The van der Waals surface area contributed by atoms with E-state index in [-0.39, 0.29) is 23.0 Å². The summed E-state index contributed by atoms with van der Waals surface area (Å²) in [5, 5.41) is 12.2. The second-order valence-electron chi connectivity index (χ2n) is 4.23. The summed E-state index contributed by atoms with van der Waals surface area (Å²) in [6.07, 6.45) is 2.95. The number of nitrogens with zero attached hydrogens (tertiary/aromatic N) is 1. The van der Waals surface area contributed by atoms with Gasteiger partial charge in [-0.2, -0.15) is 0 Å². The summed E-state index contributed by atoms with van der Waals surface area (Å²) in [4.78, 5) is 25.5. The summed E-state index contributed by atoms with van der Waals surface area (Å²) in [7, 11) is 0. The van der Waals surface area contributed by atoms with Crippen molar-refractivity contribution in [1.82, 2.24) is 10.2 Å². The smallest absolute Gasteiger partial charge is 0.265 e. The highest BCUT2D eigenvalue weighted by atomic mass is 127. The van der Waals surface area contributed by atoms with E-state index in [1.165, 1.54) is 23.1 Å². The number of hydrogen-bond acceptors (Lipinski definition) is 4. The van der Waals surface area contributed by atoms with Gasteiger partial charge in [-0.1, -0.05) is 12.1 Å². The highest BCUT2D eigenvalue weighted by molar-refractivity contribution is 14.1. The molecule has 0 aliphatic carbocycles. The third-order valence-electron chi connectivity index (χ3n) is 2.78. The number of thiocarbonyl (C=S) groups is 1. The molecule has 1 aromatic carbocycles. The molecule has 1 aliphatic heterocycles. The largest absolute Gasteiger partial charge is 0.507 e. The zero-order valence-electron chi connectivity index (χ0n) is 10.8. The molecule has 21 heavy (non-hydrogen) atoms. The van der Waals surface area contributed by atoms with Gasteiger partial charge in [0.05, 0.1) is 3.57 Å². The lowest BCUT2D eigenvalue weighted by atomic mass is 10.1. The zero-order valence-corrected chi connectivity index (χ0v) is 13.8. The molecule has 108 valence electrons. The Morgan fingerprint density at radius 2 is 2.14 bits per heavy atom. The summed E-state index contributed by atoms with van der Waals surface area (Å²) in [5.41, 5.74) is 0.517. The number of phenolic OH excluding ortho intramolecular Hbond substituents is 1. The fourth-order valence-corrected chi connectivity index (χ4v) is 2.36. The van der Waals surface area contributed by atoms with Gasteiger partial charge in [0.25, 0.3) is 11.8 Å². The fourth-order valence-electron chi connectivity index (χ4n) is 1.78. The van der Waals surface area contributed by atoms with Crippen molar-refractivity contribution < 1.29 is 14.7 Å². The average Bonchev–Trinajstić information content (AvgIpc) is 2.43. The molecule has 0 aromatic heterocycles. The first-order valence-electron chi connectivity index (χ1n) is 5.92. The molecule has 1 fully saturated rings. The first-order chi connectivity index (χ1) is 9.93. The Labute approximate surface area is 140 Å². The van der Waals surface area contributed by atoms with Crippen molar-refractivity contribution in [2.75, 3.05) is 6.54 Å². The van der Waals surface area contributed by atoms with Crippen LogP contribution in [0.4, 0.5) is 0 Å². The number of hydrogen-bond donors (Lipinski definition) is 2. The highest BCUT2D eigenvalue weighted by Gasteiger charge is 2.32. The van der Waals surface area contributed by atoms with E-state index in [0.29, 0.717) is 9.13 Å². The molecule has 1 aromatic rings. The number of nitrogens with one attached hydrogen (secondary N) is 1. The molecule has 7 heteroatoms. The van der Waals surface area contributed by atoms with Crippen LogP contribution in [-0.2, 0) is 9.59 Å². The molecular weight excluding hydrogens is 403 g/mol. The topological polar surface area (TPSA) is 69.6 Å². The molecule has 1 aliphatic rings. The van der Waals surface area contributed by atoms with Crippen molar-refractivity contribution >= 4 is 57.8 Å². The van der Waals surface area contributed by atoms with Crippen molar-refractivity contribution in [3.63, 3.8) is 0 Å². The van der Waals surface area contributed by atoms with Gasteiger partial charge in [0.1, 0.15) is 11.3 Å².